The minimum Gasteiger partial charge on any atom is -0.395 e. The molecule has 2 N–H and O–H groups in total. The van der Waals surface area contributed by atoms with Crippen molar-refractivity contribution in [1.29, 1.82) is 0 Å². The molecule has 3 heteroatoms. The van der Waals surface area contributed by atoms with E-state index >= 15 is 0 Å². The lowest BCUT2D eigenvalue weighted by molar-refractivity contribution is 0.161. The van der Waals surface area contributed by atoms with Crippen LogP contribution in [0.2, 0.25) is 0 Å². The molecule has 94 valence electrons. The standard InChI is InChI=1S/C14H22N2O/c1-11(12-6-4-3-5-7-12)15-13-8-9-16(2)14(13)10-17/h3-7,11,13-15,17H,8-10H2,1-2H3/t11?,13?,14-/m0/s1. The molecule has 0 amide bonds. The number of aliphatic hydroxyl groups excluding tert-OH is 1. The molecule has 1 heterocycles. The van der Waals surface area contributed by atoms with Crippen LogP contribution in [0.4, 0.5) is 0 Å². The maximum Gasteiger partial charge on any atom is 0.0601 e. The highest BCUT2D eigenvalue weighted by molar-refractivity contribution is 5.18. The summed E-state index contributed by atoms with van der Waals surface area (Å²) in [6.45, 7) is 3.47. The first kappa shape index (κ1) is 12.6. The lowest BCUT2D eigenvalue weighted by atomic mass is 10.0. The molecule has 1 aromatic carbocycles. The summed E-state index contributed by atoms with van der Waals surface area (Å²) < 4.78 is 0. The van der Waals surface area contributed by atoms with Crippen molar-refractivity contribution in [3.05, 3.63) is 35.9 Å². The highest BCUT2D eigenvalue weighted by atomic mass is 16.3. The Labute approximate surface area is 103 Å². The van der Waals surface area contributed by atoms with Crippen LogP contribution in [0.3, 0.4) is 0 Å². The van der Waals surface area contributed by atoms with Gasteiger partial charge in [-0.2, -0.15) is 0 Å². The Balaban J connectivity index is 1.97. The molecule has 1 aliphatic rings. The fraction of sp³-hybridized carbons (Fsp3) is 0.571. The summed E-state index contributed by atoms with van der Waals surface area (Å²) in [7, 11) is 2.08. The van der Waals surface area contributed by atoms with Crippen LogP contribution in [0.1, 0.15) is 24.9 Å². The van der Waals surface area contributed by atoms with E-state index in [1.165, 1.54) is 5.56 Å². The SMILES string of the molecule is CC(NC1CCN(C)[C@H]1CO)c1ccccc1. The van der Waals surface area contributed by atoms with Gasteiger partial charge in [0.2, 0.25) is 0 Å². The quantitative estimate of drug-likeness (QED) is 0.826. The van der Waals surface area contributed by atoms with E-state index in [9.17, 15) is 5.11 Å². The van der Waals surface area contributed by atoms with Gasteiger partial charge in [0.1, 0.15) is 0 Å². The number of nitrogens with one attached hydrogen (secondary N) is 1. The Morgan fingerprint density at radius 3 is 2.76 bits per heavy atom. The molecule has 0 radical (unpaired) electrons. The molecule has 0 spiro atoms. The summed E-state index contributed by atoms with van der Waals surface area (Å²) in [5.74, 6) is 0. The van der Waals surface area contributed by atoms with Crippen LogP contribution in [0.15, 0.2) is 30.3 Å². The fourth-order valence-corrected chi connectivity index (χ4v) is 2.63. The molecule has 17 heavy (non-hydrogen) atoms. The molecule has 1 aromatic rings. The first-order valence-electron chi connectivity index (χ1n) is 6.34. The van der Waals surface area contributed by atoms with Crippen molar-refractivity contribution >= 4 is 0 Å². The second-order valence-corrected chi connectivity index (χ2v) is 4.92. The van der Waals surface area contributed by atoms with Gasteiger partial charge in [0.25, 0.3) is 0 Å². The lowest BCUT2D eigenvalue weighted by Crippen LogP contribution is -2.44. The third kappa shape index (κ3) is 2.86. The van der Waals surface area contributed by atoms with Crippen molar-refractivity contribution in [3.8, 4) is 0 Å². The van der Waals surface area contributed by atoms with Crippen LogP contribution in [0, 0.1) is 0 Å². The molecule has 2 unspecified atom stereocenters. The Bertz CT molecular complexity index is 341. The largest absolute Gasteiger partial charge is 0.395 e. The number of nitrogens with zero attached hydrogens (tertiary/aromatic N) is 1. The molecule has 0 aromatic heterocycles. The fourth-order valence-electron chi connectivity index (χ4n) is 2.63. The van der Waals surface area contributed by atoms with Crippen molar-refractivity contribution in [2.45, 2.75) is 31.5 Å². The minimum absolute atomic E-state index is 0.232. The molecule has 1 aliphatic heterocycles. The van der Waals surface area contributed by atoms with Crippen LogP contribution in [-0.4, -0.2) is 42.3 Å². The van der Waals surface area contributed by atoms with Gasteiger partial charge in [-0.25, -0.2) is 0 Å². The van der Waals surface area contributed by atoms with Crippen molar-refractivity contribution < 1.29 is 5.11 Å². The Kier molecular flexibility index (Phi) is 4.15. The molecular formula is C14H22N2O. The smallest absolute Gasteiger partial charge is 0.0601 e. The van der Waals surface area contributed by atoms with E-state index in [-0.39, 0.29) is 12.6 Å². The number of hydrogen-bond donors (Lipinski definition) is 2. The van der Waals surface area contributed by atoms with Gasteiger partial charge in [-0.15, -0.1) is 0 Å². The van der Waals surface area contributed by atoms with Gasteiger partial charge in [-0.3, -0.25) is 4.90 Å². The van der Waals surface area contributed by atoms with E-state index in [0.29, 0.717) is 12.1 Å². The van der Waals surface area contributed by atoms with E-state index in [2.05, 4.69) is 48.5 Å². The summed E-state index contributed by atoms with van der Waals surface area (Å²) >= 11 is 0. The van der Waals surface area contributed by atoms with Crippen LogP contribution in [0.25, 0.3) is 0 Å². The van der Waals surface area contributed by atoms with Crippen LogP contribution < -0.4 is 5.32 Å². The summed E-state index contributed by atoms with van der Waals surface area (Å²) in [6.07, 6.45) is 1.11. The average Bonchev–Trinajstić information content (AvgIpc) is 2.71. The highest BCUT2D eigenvalue weighted by Crippen LogP contribution is 2.20. The number of aliphatic hydroxyl groups is 1. The first-order chi connectivity index (χ1) is 8.22. The zero-order valence-electron chi connectivity index (χ0n) is 10.6. The summed E-state index contributed by atoms with van der Waals surface area (Å²) in [4.78, 5) is 2.23. The number of benzene rings is 1. The van der Waals surface area contributed by atoms with E-state index in [1.807, 2.05) is 6.07 Å². The van der Waals surface area contributed by atoms with Crippen molar-refractivity contribution in [2.24, 2.45) is 0 Å². The number of likely N-dealkylation sites (tertiary alicyclic amines) is 1. The Morgan fingerprint density at radius 1 is 1.41 bits per heavy atom. The van der Waals surface area contributed by atoms with Gasteiger partial charge < -0.3 is 10.4 Å². The van der Waals surface area contributed by atoms with Gasteiger partial charge in [0.05, 0.1) is 6.61 Å². The summed E-state index contributed by atoms with van der Waals surface area (Å²) in [6, 6.07) is 11.4. The van der Waals surface area contributed by atoms with E-state index < -0.39 is 0 Å². The van der Waals surface area contributed by atoms with Crippen LogP contribution in [-0.2, 0) is 0 Å². The number of hydrogen-bond acceptors (Lipinski definition) is 3. The van der Waals surface area contributed by atoms with E-state index in [1.54, 1.807) is 0 Å². The van der Waals surface area contributed by atoms with E-state index in [4.69, 9.17) is 0 Å². The second kappa shape index (κ2) is 5.63. The minimum atomic E-state index is 0.232. The monoisotopic (exact) mass is 234 g/mol. The first-order valence-corrected chi connectivity index (χ1v) is 6.34. The Hall–Kier alpha value is -0.900. The highest BCUT2D eigenvalue weighted by Gasteiger charge is 2.31. The van der Waals surface area contributed by atoms with Gasteiger partial charge in [-0.1, -0.05) is 30.3 Å². The van der Waals surface area contributed by atoms with Crippen molar-refractivity contribution in [2.75, 3.05) is 20.2 Å². The molecule has 3 nitrogen and oxygen atoms in total. The average molecular weight is 234 g/mol. The molecule has 0 aliphatic carbocycles. The molecule has 1 saturated heterocycles. The maximum atomic E-state index is 9.41. The third-order valence-corrected chi connectivity index (χ3v) is 3.77. The predicted octanol–water partition coefficient (Wildman–Crippen LogP) is 1.40. The summed E-state index contributed by atoms with van der Waals surface area (Å²) in [5.41, 5.74) is 1.30. The van der Waals surface area contributed by atoms with Gasteiger partial charge in [0, 0.05) is 18.1 Å². The topological polar surface area (TPSA) is 35.5 Å². The number of likely N-dealkylation sites (N-methyl/N-ethyl adjacent to an activating group) is 1. The van der Waals surface area contributed by atoms with Crippen molar-refractivity contribution in [1.82, 2.24) is 10.2 Å². The van der Waals surface area contributed by atoms with Gasteiger partial charge >= 0.3 is 0 Å². The third-order valence-electron chi connectivity index (χ3n) is 3.77. The molecule has 3 atom stereocenters. The maximum absolute atomic E-state index is 9.41. The van der Waals surface area contributed by atoms with Crippen LogP contribution >= 0.6 is 0 Å². The zero-order valence-corrected chi connectivity index (χ0v) is 10.6. The molecular weight excluding hydrogens is 212 g/mol. The zero-order chi connectivity index (χ0) is 12.3. The Morgan fingerprint density at radius 2 is 2.12 bits per heavy atom. The number of rotatable bonds is 4. The van der Waals surface area contributed by atoms with E-state index in [0.717, 1.165) is 13.0 Å². The van der Waals surface area contributed by atoms with Gasteiger partial charge in [-0.05, 0) is 32.5 Å². The molecule has 0 saturated carbocycles. The second-order valence-electron chi connectivity index (χ2n) is 4.92. The van der Waals surface area contributed by atoms with Gasteiger partial charge in [0.15, 0.2) is 0 Å². The lowest BCUT2D eigenvalue weighted by Gasteiger charge is -2.26. The summed E-state index contributed by atoms with van der Waals surface area (Å²) in [5, 5.41) is 13.0. The molecule has 0 bridgehead atoms. The predicted molar refractivity (Wildman–Crippen MR) is 69.9 cm³/mol. The van der Waals surface area contributed by atoms with Crippen molar-refractivity contribution in [3.63, 3.8) is 0 Å². The molecule has 1 fully saturated rings. The molecule has 2 rings (SSSR count). The normalized spacial score (nSPS) is 27.2. The van der Waals surface area contributed by atoms with Crippen LogP contribution in [0.5, 0.6) is 0 Å².